The van der Waals surface area contributed by atoms with Crippen molar-refractivity contribution in [3.05, 3.63) is 29.3 Å². The minimum absolute atomic E-state index is 0.0590. The van der Waals surface area contributed by atoms with Crippen LogP contribution in [0.5, 0.6) is 5.75 Å². The highest BCUT2D eigenvalue weighted by atomic mass is 16.3. The van der Waals surface area contributed by atoms with E-state index in [-0.39, 0.29) is 17.2 Å². The van der Waals surface area contributed by atoms with Crippen LogP contribution in [0.1, 0.15) is 22.8 Å². The van der Waals surface area contributed by atoms with E-state index in [2.05, 4.69) is 0 Å². The van der Waals surface area contributed by atoms with Crippen LogP contribution in [0.3, 0.4) is 0 Å². The van der Waals surface area contributed by atoms with Gasteiger partial charge in [-0.3, -0.25) is 4.79 Å². The fraction of sp³-hybridized carbons (Fsp3) is 0.417. The minimum atomic E-state index is -0.264. The van der Waals surface area contributed by atoms with Crippen LogP contribution in [0.4, 0.5) is 0 Å². The van der Waals surface area contributed by atoms with Crippen LogP contribution in [-0.4, -0.2) is 34.5 Å². The van der Waals surface area contributed by atoms with Gasteiger partial charge in [0.05, 0.1) is 0 Å². The van der Waals surface area contributed by atoms with Crippen LogP contribution < -0.4 is 5.73 Å². The van der Waals surface area contributed by atoms with Gasteiger partial charge in [0.1, 0.15) is 5.75 Å². The largest absolute Gasteiger partial charge is 0.508 e. The fourth-order valence-electron chi connectivity index (χ4n) is 1.99. The number of phenolic OH excluding ortho intramolecular Hbond substituents is 1. The lowest BCUT2D eigenvalue weighted by molar-refractivity contribution is 0.0452. The smallest absolute Gasteiger partial charge is 0.254 e. The molecule has 0 spiro atoms. The molecule has 0 saturated carbocycles. The van der Waals surface area contributed by atoms with Crippen LogP contribution in [-0.2, 0) is 0 Å². The Bertz CT molecular complexity index is 433. The van der Waals surface area contributed by atoms with Gasteiger partial charge >= 0.3 is 0 Å². The van der Waals surface area contributed by atoms with Crippen molar-refractivity contribution >= 4 is 5.91 Å². The average molecular weight is 220 g/mol. The molecule has 0 aliphatic carbocycles. The second kappa shape index (κ2) is 3.49. The predicted molar refractivity (Wildman–Crippen MR) is 61.3 cm³/mol. The van der Waals surface area contributed by atoms with Crippen LogP contribution in [0, 0.1) is 6.92 Å². The van der Waals surface area contributed by atoms with Crippen LogP contribution >= 0.6 is 0 Å². The number of nitrogens with two attached hydrogens (primary N) is 1. The summed E-state index contributed by atoms with van der Waals surface area (Å²) in [6, 6.07) is 4.98. The molecule has 0 atom stereocenters. The van der Waals surface area contributed by atoms with Crippen molar-refractivity contribution in [1.82, 2.24) is 4.90 Å². The number of hydrogen-bond donors (Lipinski definition) is 2. The third kappa shape index (κ3) is 1.76. The zero-order chi connectivity index (χ0) is 11.9. The number of carbonyl (C=O) groups excluding carboxylic acids is 1. The molecule has 1 aromatic rings. The standard InChI is InChI=1S/C12H16N2O2/c1-8-9(4-3-5-10(8)15)11(16)14-6-12(2,13)7-14/h3-5,15H,6-7,13H2,1-2H3. The summed E-state index contributed by atoms with van der Waals surface area (Å²) >= 11 is 0. The maximum absolute atomic E-state index is 12.0. The minimum Gasteiger partial charge on any atom is -0.508 e. The normalized spacial score (nSPS) is 18.1. The molecule has 86 valence electrons. The first kappa shape index (κ1) is 11.0. The molecule has 3 N–H and O–H groups in total. The molecule has 0 radical (unpaired) electrons. The Labute approximate surface area is 94.7 Å². The van der Waals surface area contributed by atoms with Gasteiger partial charge in [-0.15, -0.1) is 0 Å². The van der Waals surface area contributed by atoms with E-state index in [1.165, 1.54) is 0 Å². The number of hydrogen-bond acceptors (Lipinski definition) is 3. The van der Waals surface area contributed by atoms with E-state index in [4.69, 9.17) is 5.73 Å². The summed E-state index contributed by atoms with van der Waals surface area (Å²) in [5, 5.41) is 9.53. The van der Waals surface area contributed by atoms with Crippen molar-refractivity contribution < 1.29 is 9.90 Å². The highest BCUT2D eigenvalue weighted by molar-refractivity contribution is 5.96. The molecule has 1 saturated heterocycles. The number of carbonyl (C=O) groups is 1. The van der Waals surface area contributed by atoms with Gasteiger partial charge in [0, 0.05) is 29.8 Å². The van der Waals surface area contributed by atoms with Crippen molar-refractivity contribution in [3.8, 4) is 5.75 Å². The SMILES string of the molecule is Cc1c(O)cccc1C(=O)N1CC(C)(N)C1. The van der Waals surface area contributed by atoms with Gasteiger partial charge in [-0.25, -0.2) is 0 Å². The van der Waals surface area contributed by atoms with E-state index >= 15 is 0 Å². The van der Waals surface area contributed by atoms with E-state index < -0.39 is 0 Å². The summed E-state index contributed by atoms with van der Waals surface area (Å²) in [6.07, 6.45) is 0. The molecule has 1 fully saturated rings. The Hall–Kier alpha value is -1.55. The number of likely N-dealkylation sites (tertiary alicyclic amines) is 1. The highest BCUT2D eigenvalue weighted by Gasteiger charge is 2.38. The van der Waals surface area contributed by atoms with Gasteiger partial charge in [-0.05, 0) is 26.0 Å². The number of amides is 1. The summed E-state index contributed by atoms with van der Waals surface area (Å²) in [5.41, 5.74) is 6.76. The predicted octanol–water partition coefficient (Wildman–Crippen LogP) is 0.874. The molecule has 1 heterocycles. The monoisotopic (exact) mass is 220 g/mol. The fourth-order valence-corrected chi connectivity index (χ4v) is 1.99. The molecule has 16 heavy (non-hydrogen) atoms. The molecule has 1 aliphatic heterocycles. The van der Waals surface area contributed by atoms with Gasteiger partial charge in [-0.2, -0.15) is 0 Å². The Morgan fingerprint density at radius 2 is 2.12 bits per heavy atom. The van der Waals surface area contributed by atoms with Crippen molar-refractivity contribution in [3.63, 3.8) is 0 Å². The third-order valence-corrected chi connectivity index (χ3v) is 2.93. The molecular weight excluding hydrogens is 204 g/mol. The van der Waals surface area contributed by atoms with Gasteiger partial charge < -0.3 is 15.7 Å². The van der Waals surface area contributed by atoms with E-state index in [1.54, 1.807) is 30.0 Å². The van der Waals surface area contributed by atoms with Crippen molar-refractivity contribution in [2.45, 2.75) is 19.4 Å². The maximum Gasteiger partial charge on any atom is 0.254 e. The second-order valence-electron chi connectivity index (χ2n) is 4.76. The molecule has 1 aromatic carbocycles. The lowest BCUT2D eigenvalue weighted by Crippen LogP contribution is -2.66. The summed E-state index contributed by atoms with van der Waals surface area (Å²) in [5.74, 6) is 0.0956. The van der Waals surface area contributed by atoms with Gasteiger partial charge in [0.25, 0.3) is 5.91 Å². The Morgan fingerprint density at radius 1 is 1.50 bits per heavy atom. The average Bonchev–Trinajstić information content (AvgIpc) is 2.17. The Morgan fingerprint density at radius 3 is 2.69 bits per heavy atom. The molecule has 4 nitrogen and oxygen atoms in total. The zero-order valence-electron chi connectivity index (χ0n) is 9.53. The molecule has 4 heteroatoms. The van der Waals surface area contributed by atoms with Crippen molar-refractivity contribution in [2.24, 2.45) is 5.73 Å². The molecule has 1 aliphatic rings. The Balaban J connectivity index is 2.20. The maximum atomic E-state index is 12.0. The quantitative estimate of drug-likeness (QED) is 0.738. The van der Waals surface area contributed by atoms with Gasteiger partial charge in [-0.1, -0.05) is 6.07 Å². The topological polar surface area (TPSA) is 66.6 Å². The second-order valence-corrected chi connectivity index (χ2v) is 4.76. The third-order valence-electron chi connectivity index (χ3n) is 2.93. The molecule has 0 aromatic heterocycles. The van der Waals surface area contributed by atoms with E-state index in [9.17, 15) is 9.90 Å². The number of nitrogens with zero attached hydrogens (tertiary/aromatic N) is 1. The van der Waals surface area contributed by atoms with Crippen molar-refractivity contribution in [2.75, 3.05) is 13.1 Å². The molecule has 0 bridgehead atoms. The molecular formula is C12H16N2O2. The van der Waals surface area contributed by atoms with Crippen molar-refractivity contribution in [1.29, 1.82) is 0 Å². The van der Waals surface area contributed by atoms with Crippen LogP contribution in [0.25, 0.3) is 0 Å². The number of rotatable bonds is 1. The summed E-state index contributed by atoms with van der Waals surface area (Å²) in [7, 11) is 0. The van der Waals surface area contributed by atoms with Gasteiger partial charge in [0.15, 0.2) is 0 Å². The molecule has 0 unspecified atom stereocenters. The Kier molecular flexibility index (Phi) is 2.39. The van der Waals surface area contributed by atoms with Crippen LogP contribution in [0.2, 0.25) is 0 Å². The van der Waals surface area contributed by atoms with E-state index in [0.29, 0.717) is 24.2 Å². The van der Waals surface area contributed by atoms with Crippen LogP contribution in [0.15, 0.2) is 18.2 Å². The number of phenols is 1. The van der Waals surface area contributed by atoms with E-state index in [0.717, 1.165) is 0 Å². The van der Waals surface area contributed by atoms with Gasteiger partial charge in [0.2, 0.25) is 0 Å². The summed E-state index contributed by atoms with van der Waals surface area (Å²) in [4.78, 5) is 13.7. The molecule has 2 rings (SSSR count). The molecule has 1 amide bonds. The summed E-state index contributed by atoms with van der Waals surface area (Å²) in [6.45, 7) is 4.80. The lowest BCUT2D eigenvalue weighted by atomic mass is 9.92. The first-order chi connectivity index (χ1) is 7.41. The first-order valence-corrected chi connectivity index (χ1v) is 5.27. The lowest BCUT2D eigenvalue weighted by Gasteiger charge is -2.45. The number of benzene rings is 1. The summed E-state index contributed by atoms with van der Waals surface area (Å²) < 4.78 is 0. The van der Waals surface area contributed by atoms with E-state index in [1.807, 2.05) is 6.92 Å². The highest BCUT2D eigenvalue weighted by Crippen LogP contribution is 2.25. The zero-order valence-corrected chi connectivity index (χ0v) is 9.53. The first-order valence-electron chi connectivity index (χ1n) is 5.27. The number of aromatic hydroxyl groups is 1.